The van der Waals surface area contributed by atoms with Crippen LogP contribution in [0, 0.1) is 13.8 Å². The Morgan fingerprint density at radius 2 is 1.70 bits per heavy atom. The van der Waals surface area contributed by atoms with Crippen LogP contribution in [0.25, 0.3) is 21.8 Å². The Morgan fingerprint density at radius 3 is 2.35 bits per heavy atom. The van der Waals surface area contributed by atoms with Crippen molar-refractivity contribution in [2.75, 3.05) is 7.11 Å². The van der Waals surface area contributed by atoms with Crippen LogP contribution >= 0.6 is 11.3 Å². The highest BCUT2D eigenvalue weighted by Gasteiger charge is 2.09. The van der Waals surface area contributed by atoms with Gasteiger partial charge in [0, 0.05) is 16.5 Å². The van der Waals surface area contributed by atoms with Crippen LogP contribution in [-0.2, 0) is 4.74 Å². The molecule has 0 saturated heterocycles. The van der Waals surface area contributed by atoms with Gasteiger partial charge in [-0.15, -0.1) is 11.3 Å². The van der Waals surface area contributed by atoms with Gasteiger partial charge in [-0.2, -0.15) is 0 Å². The maximum Gasteiger partial charge on any atom is 0.337 e. The second kappa shape index (κ2) is 6.34. The normalized spacial score (nSPS) is 10.6. The summed E-state index contributed by atoms with van der Waals surface area (Å²) in [5.41, 5.74) is 6.19. The third-order valence-electron chi connectivity index (χ3n) is 3.86. The molecule has 3 aromatic rings. The zero-order valence-corrected chi connectivity index (χ0v) is 14.1. The van der Waals surface area contributed by atoms with Gasteiger partial charge in [0.2, 0.25) is 0 Å². The van der Waals surface area contributed by atoms with Crippen molar-refractivity contribution in [3.05, 3.63) is 64.5 Å². The molecule has 0 bridgehead atoms. The van der Waals surface area contributed by atoms with Crippen molar-refractivity contribution in [2.45, 2.75) is 13.8 Å². The SMILES string of the molecule is COC(=O)c1ccc(-c2nc(-c3ccc(C)c(C)c3)cs2)cc1. The summed E-state index contributed by atoms with van der Waals surface area (Å²) in [6.07, 6.45) is 0. The van der Waals surface area contributed by atoms with Crippen LogP contribution < -0.4 is 0 Å². The van der Waals surface area contributed by atoms with E-state index in [4.69, 9.17) is 9.72 Å². The van der Waals surface area contributed by atoms with Crippen molar-refractivity contribution in [2.24, 2.45) is 0 Å². The molecule has 2 aromatic carbocycles. The summed E-state index contributed by atoms with van der Waals surface area (Å²) in [6, 6.07) is 13.7. The summed E-state index contributed by atoms with van der Waals surface area (Å²) >= 11 is 1.60. The topological polar surface area (TPSA) is 39.2 Å². The molecule has 0 amide bonds. The molecule has 0 fully saturated rings. The number of aryl methyl sites for hydroxylation is 2. The lowest BCUT2D eigenvalue weighted by Gasteiger charge is -2.02. The van der Waals surface area contributed by atoms with Gasteiger partial charge in [0.1, 0.15) is 5.01 Å². The van der Waals surface area contributed by atoms with Crippen LogP contribution in [0.5, 0.6) is 0 Å². The molecule has 4 heteroatoms. The second-order valence-electron chi connectivity index (χ2n) is 5.41. The third-order valence-corrected chi connectivity index (χ3v) is 4.75. The molecule has 0 radical (unpaired) electrons. The van der Waals surface area contributed by atoms with Crippen molar-refractivity contribution in [1.82, 2.24) is 4.98 Å². The highest BCUT2D eigenvalue weighted by molar-refractivity contribution is 7.13. The molecule has 3 rings (SSSR count). The molecule has 1 aromatic heterocycles. The first-order valence-electron chi connectivity index (χ1n) is 7.30. The van der Waals surface area contributed by atoms with E-state index in [1.54, 1.807) is 23.5 Å². The van der Waals surface area contributed by atoms with Crippen molar-refractivity contribution >= 4 is 17.3 Å². The Bertz CT molecular complexity index is 850. The number of hydrogen-bond acceptors (Lipinski definition) is 4. The Kier molecular flexibility index (Phi) is 4.26. The van der Waals surface area contributed by atoms with E-state index in [0.29, 0.717) is 5.56 Å². The predicted molar refractivity (Wildman–Crippen MR) is 93.8 cm³/mol. The van der Waals surface area contributed by atoms with Gasteiger partial charge in [-0.1, -0.05) is 24.3 Å². The monoisotopic (exact) mass is 323 g/mol. The van der Waals surface area contributed by atoms with Gasteiger partial charge in [0.15, 0.2) is 0 Å². The summed E-state index contributed by atoms with van der Waals surface area (Å²) in [4.78, 5) is 16.2. The molecule has 3 nitrogen and oxygen atoms in total. The quantitative estimate of drug-likeness (QED) is 0.645. The Labute approximate surface area is 139 Å². The van der Waals surface area contributed by atoms with Crippen LogP contribution in [0.2, 0.25) is 0 Å². The maximum absolute atomic E-state index is 11.5. The van der Waals surface area contributed by atoms with Crippen molar-refractivity contribution in [1.29, 1.82) is 0 Å². The highest BCUT2D eigenvalue weighted by atomic mass is 32.1. The number of rotatable bonds is 3. The number of thiazole rings is 1. The van der Waals surface area contributed by atoms with Crippen LogP contribution in [-0.4, -0.2) is 18.1 Å². The summed E-state index contributed by atoms with van der Waals surface area (Å²) in [5.74, 6) is -0.327. The van der Waals surface area contributed by atoms with E-state index < -0.39 is 0 Å². The molecule has 0 spiro atoms. The maximum atomic E-state index is 11.5. The molecule has 0 aliphatic carbocycles. The van der Waals surface area contributed by atoms with E-state index in [0.717, 1.165) is 21.8 Å². The number of carbonyl (C=O) groups excluding carboxylic acids is 1. The molecule has 0 atom stereocenters. The van der Waals surface area contributed by atoms with Gasteiger partial charge in [-0.3, -0.25) is 0 Å². The fourth-order valence-corrected chi connectivity index (χ4v) is 3.14. The van der Waals surface area contributed by atoms with Crippen molar-refractivity contribution in [3.8, 4) is 21.8 Å². The number of ether oxygens (including phenoxy) is 1. The first-order chi connectivity index (χ1) is 11.1. The number of nitrogens with zero attached hydrogens (tertiary/aromatic N) is 1. The average molecular weight is 323 g/mol. The molecular weight excluding hydrogens is 306 g/mol. The second-order valence-corrected chi connectivity index (χ2v) is 6.26. The first kappa shape index (κ1) is 15.4. The lowest BCUT2D eigenvalue weighted by atomic mass is 10.1. The lowest BCUT2D eigenvalue weighted by molar-refractivity contribution is 0.0601. The minimum absolute atomic E-state index is 0.327. The van der Waals surface area contributed by atoms with Gasteiger partial charge < -0.3 is 4.74 Å². The van der Waals surface area contributed by atoms with E-state index in [-0.39, 0.29) is 5.97 Å². The first-order valence-corrected chi connectivity index (χ1v) is 8.18. The standard InChI is InChI=1S/C19H17NO2S/c1-12-4-5-16(10-13(12)2)17-11-23-18(20-17)14-6-8-15(9-7-14)19(21)22-3/h4-11H,1-3H3. The lowest BCUT2D eigenvalue weighted by Crippen LogP contribution is -2.00. The fraction of sp³-hybridized carbons (Fsp3) is 0.158. The molecule has 0 aliphatic heterocycles. The number of benzene rings is 2. The number of esters is 1. The molecule has 0 saturated carbocycles. The summed E-state index contributed by atoms with van der Waals surface area (Å²) < 4.78 is 4.71. The number of aromatic nitrogens is 1. The minimum Gasteiger partial charge on any atom is -0.465 e. The zero-order valence-electron chi connectivity index (χ0n) is 13.3. The van der Waals surface area contributed by atoms with Crippen LogP contribution in [0.1, 0.15) is 21.5 Å². The number of methoxy groups -OCH3 is 1. The smallest absolute Gasteiger partial charge is 0.337 e. The Morgan fingerprint density at radius 1 is 1.00 bits per heavy atom. The zero-order chi connectivity index (χ0) is 16.4. The van der Waals surface area contributed by atoms with Crippen molar-refractivity contribution < 1.29 is 9.53 Å². The predicted octanol–water partition coefficient (Wildman–Crippen LogP) is 4.88. The van der Waals surface area contributed by atoms with Gasteiger partial charge in [0.25, 0.3) is 0 Å². The van der Waals surface area contributed by atoms with E-state index >= 15 is 0 Å². The molecule has 116 valence electrons. The minimum atomic E-state index is -0.327. The molecule has 0 aliphatic rings. The van der Waals surface area contributed by atoms with E-state index in [2.05, 4.69) is 37.4 Å². The van der Waals surface area contributed by atoms with Crippen LogP contribution in [0.3, 0.4) is 0 Å². The summed E-state index contributed by atoms with van der Waals surface area (Å²) in [7, 11) is 1.38. The van der Waals surface area contributed by atoms with Crippen LogP contribution in [0.4, 0.5) is 0 Å². The molecule has 1 heterocycles. The molecular formula is C19H17NO2S. The van der Waals surface area contributed by atoms with E-state index in [9.17, 15) is 4.79 Å². The number of hydrogen-bond donors (Lipinski definition) is 0. The molecule has 0 unspecified atom stereocenters. The fourth-order valence-electron chi connectivity index (χ4n) is 2.31. The van der Waals surface area contributed by atoms with Crippen molar-refractivity contribution in [3.63, 3.8) is 0 Å². The van der Waals surface area contributed by atoms with Gasteiger partial charge >= 0.3 is 5.97 Å². The summed E-state index contributed by atoms with van der Waals surface area (Å²) in [5, 5.41) is 3.00. The Hall–Kier alpha value is -2.46. The van der Waals surface area contributed by atoms with E-state index in [1.165, 1.54) is 18.2 Å². The highest BCUT2D eigenvalue weighted by Crippen LogP contribution is 2.30. The molecule has 23 heavy (non-hydrogen) atoms. The van der Waals surface area contributed by atoms with Crippen LogP contribution in [0.15, 0.2) is 47.8 Å². The summed E-state index contributed by atoms with van der Waals surface area (Å²) in [6.45, 7) is 4.21. The third kappa shape index (κ3) is 3.17. The average Bonchev–Trinajstić information content (AvgIpc) is 3.07. The van der Waals surface area contributed by atoms with E-state index in [1.807, 2.05) is 12.1 Å². The largest absolute Gasteiger partial charge is 0.465 e. The molecule has 0 N–H and O–H groups in total. The number of carbonyl (C=O) groups is 1. The van der Waals surface area contributed by atoms with Gasteiger partial charge in [-0.05, 0) is 43.2 Å². The van der Waals surface area contributed by atoms with Gasteiger partial charge in [-0.25, -0.2) is 9.78 Å². The van der Waals surface area contributed by atoms with Gasteiger partial charge in [0.05, 0.1) is 18.4 Å². The Balaban J connectivity index is 1.89.